The number of benzene rings is 3. The molecule has 0 aliphatic heterocycles. The van der Waals surface area contributed by atoms with Gasteiger partial charge in [-0.2, -0.15) is 0 Å². The molecule has 28 heavy (non-hydrogen) atoms. The van der Waals surface area contributed by atoms with Crippen molar-refractivity contribution in [3.05, 3.63) is 101 Å². The van der Waals surface area contributed by atoms with Crippen LogP contribution in [0.4, 0.5) is 5.69 Å². The first-order chi connectivity index (χ1) is 13.7. The average molecular weight is 386 g/mol. The number of hydrogen-bond donors (Lipinski definition) is 1. The molecule has 0 saturated heterocycles. The van der Waals surface area contributed by atoms with Gasteiger partial charge in [-0.3, -0.25) is 4.79 Å². The molecule has 3 aromatic carbocycles. The monoisotopic (exact) mass is 385 g/mol. The molecule has 5 heteroatoms. The van der Waals surface area contributed by atoms with Crippen molar-refractivity contribution in [3.63, 3.8) is 0 Å². The first-order valence-corrected chi connectivity index (χ1v) is 9.37. The Balaban J connectivity index is 1.46. The zero-order chi connectivity index (χ0) is 19.1. The molecule has 1 aliphatic carbocycles. The van der Waals surface area contributed by atoms with E-state index in [4.69, 9.17) is 11.6 Å². The van der Waals surface area contributed by atoms with E-state index in [2.05, 4.69) is 16.4 Å². The van der Waals surface area contributed by atoms with Crippen molar-refractivity contribution in [1.82, 2.24) is 9.55 Å². The van der Waals surface area contributed by atoms with Gasteiger partial charge in [0.25, 0.3) is 5.91 Å². The van der Waals surface area contributed by atoms with Gasteiger partial charge >= 0.3 is 0 Å². The van der Waals surface area contributed by atoms with E-state index >= 15 is 0 Å². The maximum Gasteiger partial charge on any atom is 0.255 e. The molecule has 0 radical (unpaired) electrons. The van der Waals surface area contributed by atoms with E-state index in [-0.39, 0.29) is 5.91 Å². The van der Waals surface area contributed by atoms with Gasteiger partial charge in [0.05, 0.1) is 6.33 Å². The number of amides is 1. The van der Waals surface area contributed by atoms with Crippen molar-refractivity contribution in [2.45, 2.75) is 6.42 Å². The van der Waals surface area contributed by atoms with Crippen LogP contribution in [0.2, 0.25) is 5.02 Å². The normalized spacial score (nSPS) is 11.8. The molecular formula is C23H16ClN3O. The molecule has 4 nitrogen and oxygen atoms in total. The van der Waals surface area contributed by atoms with Crippen LogP contribution in [0.25, 0.3) is 16.8 Å². The Morgan fingerprint density at radius 2 is 1.93 bits per heavy atom. The smallest absolute Gasteiger partial charge is 0.255 e. The molecule has 4 aromatic rings. The van der Waals surface area contributed by atoms with Crippen LogP contribution >= 0.6 is 11.6 Å². The third-order valence-corrected chi connectivity index (χ3v) is 5.29. The van der Waals surface area contributed by atoms with Gasteiger partial charge in [-0.05, 0) is 65.1 Å². The van der Waals surface area contributed by atoms with Gasteiger partial charge in [0, 0.05) is 34.4 Å². The molecule has 1 heterocycles. The van der Waals surface area contributed by atoms with Gasteiger partial charge < -0.3 is 9.88 Å². The molecular weight excluding hydrogens is 370 g/mol. The summed E-state index contributed by atoms with van der Waals surface area (Å²) in [4.78, 5) is 17.1. The van der Waals surface area contributed by atoms with Crippen LogP contribution in [0, 0.1) is 0 Å². The number of halogens is 1. The number of nitrogens with zero attached hydrogens (tertiary/aromatic N) is 2. The highest BCUT2D eigenvalue weighted by Gasteiger charge is 2.23. The Bertz CT molecular complexity index is 1200. The lowest BCUT2D eigenvalue weighted by Crippen LogP contribution is -2.14. The van der Waals surface area contributed by atoms with Crippen molar-refractivity contribution >= 4 is 23.2 Å². The second-order valence-electron chi connectivity index (χ2n) is 6.78. The standard InChI is InChI=1S/C23H16ClN3O/c24-16-7-8-19-15(11-16)12-22-20(19)5-2-6-21(22)23(28)26-17-3-1-4-18(13-17)27-10-9-25-14-27/h1-11,13-14H,12H2,(H,26,28). The van der Waals surface area contributed by atoms with Crippen molar-refractivity contribution in [3.8, 4) is 16.8 Å². The summed E-state index contributed by atoms with van der Waals surface area (Å²) in [5.41, 5.74) is 6.83. The lowest BCUT2D eigenvalue weighted by molar-refractivity contribution is 0.102. The zero-order valence-electron chi connectivity index (χ0n) is 14.9. The summed E-state index contributed by atoms with van der Waals surface area (Å²) in [6, 6.07) is 19.5. The van der Waals surface area contributed by atoms with Crippen molar-refractivity contribution in [2.75, 3.05) is 5.32 Å². The van der Waals surface area contributed by atoms with E-state index in [0.29, 0.717) is 17.0 Å². The summed E-state index contributed by atoms with van der Waals surface area (Å²) < 4.78 is 1.90. The van der Waals surface area contributed by atoms with Crippen molar-refractivity contribution < 1.29 is 4.79 Å². The number of carbonyl (C=O) groups is 1. The second-order valence-corrected chi connectivity index (χ2v) is 7.22. The van der Waals surface area contributed by atoms with E-state index in [0.717, 1.165) is 33.6 Å². The van der Waals surface area contributed by atoms with E-state index < -0.39 is 0 Å². The lowest BCUT2D eigenvalue weighted by atomic mass is 10.0. The maximum absolute atomic E-state index is 13.0. The third kappa shape index (κ3) is 2.88. The molecule has 0 bridgehead atoms. The summed E-state index contributed by atoms with van der Waals surface area (Å²) >= 11 is 6.15. The van der Waals surface area contributed by atoms with Crippen LogP contribution in [-0.2, 0) is 6.42 Å². The quantitative estimate of drug-likeness (QED) is 0.455. The molecule has 136 valence electrons. The molecule has 0 fully saturated rings. The highest BCUT2D eigenvalue weighted by molar-refractivity contribution is 6.30. The highest BCUT2D eigenvalue weighted by atomic mass is 35.5. The van der Waals surface area contributed by atoms with Crippen LogP contribution in [0.1, 0.15) is 21.5 Å². The van der Waals surface area contributed by atoms with Crippen LogP contribution in [0.5, 0.6) is 0 Å². The summed E-state index contributed by atoms with van der Waals surface area (Å²) in [5, 5.41) is 3.75. The van der Waals surface area contributed by atoms with Crippen LogP contribution < -0.4 is 5.32 Å². The molecule has 0 unspecified atom stereocenters. The Morgan fingerprint density at radius 1 is 1.04 bits per heavy atom. The fraction of sp³-hybridized carbons (Fsp3) is 0.0435. The van der Waals surface area contributed by atoms with Gasteiger partial charge in [0.2, 0.25) is 0 Å². The predicted molar refractivity (Wildman–Crippen MR) is 111 cm³/mol. The second kappa shape index (κ2) is 6.66. The van der Waals surface area contributed by atoms with Crippen LogP contribution in [0.15, 0.2) is 79.4 Å². The minimum absolute atomic E-state index is 0.112. The predicted octanol–water partition coefficient (Wildman–Crippen LogP) is 5.35. The van der Waals surface area contributed by atoms with E-state index in [1.807, 2.05) is 65.4 Å². The Hall–Kier alpha value is -3.37. The Morgan fingerprint density at radius 3 is 2.79 bits per heavy atom. The minimum Gasteiger partial charge on any atom is -0.322 e. The van der Waals surface area contributed by atoms with Gasteiger partial charge in [0.1, 0.15) is 0 Å². The SMILES string of the molecule is O=C(Nc1cccc(-n2ccnc2)c1)c1cccc2c1Cc1cc(Cl)ccc1-2. The molecule has 1 aliphatic rings. The fourth-order valence-electron chi connectivity index (χ4n) is 3.76. The van der Waals surface area contributed by atoms with Gasteiger partial charge in [-0.1, -0.05) is 35.9 Å². The number of imidazole rings is 1. The van der Waals surface area contributed by atoms with E-state index in [1.165, 1.54) is 0 Å². The third-order valence-electron chi connectivity index (χ3n) is 5.05. The maximum atomic E-state index is 13.0. The summed E-state index contributed by atoms with van der Waals surface area (Å²) in [5.74, 6) is -0.112. The van der Waals surface area contributed by atoms with E-state index in [1.54, 1.807) is 12.5 Å². The molecule has 0 spiro atoms. The van der Waals surface area contributed by atoms with Gasteiger partial charge in [-0.25, -0.2) is 4.98 Å². The minimum atomic E-state index is -0.112. The highest BCUT2D eigenvalue weighted by Crippen LogP contribution is 2.39. The molecule has 1 N–H and O–H groups in total. The Labute approximate surface area is 167 Å². The number of hydrogen-bond acceptors (Lipinski definition) is 2. The van der Waals surface area contributed by atoms with Gasteiger partial charge in [0.15, 0.2) is 0 Å². The van der Waals surface area contributed by atoms with E-state index in [9.17, 15) is 4.79 Å². The molecule has 1 aromatic heterocycles. The summed E-state index contributed by atoms with van der Waals surface area (Å²) in [6.07, 6.45) is 6.03. The van der Waals surface area contributed by atoms with Gasteiger partial charge in [-0.15, -0.1) is 0 Å². The van der Waals surface area contributed by atoms with Crippen LogP contribution in [0.3, 0.4) is 0 Å². The Kier molecular flexibility index (Phi) is 3.99. The molecule has 5 rings (SSSR count). The zero-order valence-corrected chi connectivity index (χ0v) is 15.6. The largest absolute Gasteiger partial charge is 0.322 e. The van der Waals surface area contributed by atoms with Crippen LogP contribution in [-0.4, -0.2) is 15.5 Å². The topological polar surface area (TPSA) is 46.9 Å². The number of fused-ring (bicyclic) bond motifs is 3. The number of nitrogens with one attached hydrogen (secondary N) is 1. The lowest BCUT2D eigenvalue weighted by Gasteiger charge is -2.11. The first-order valence-electron chi connectivity index (χ1n) is 8.99. The van der Waals surface area contributed by atoms with Crippen molar-refractivity contribution in [2.24, 2.45) is 0 Å². The first kappa shape index (κ1) is 16.8. The summed E-state index contributed by atoms with van der Waals surface area (Å²) in [7, 11) is 0. The number of aromatic nitrogens is 2. The number of anilines is 1. The molecule has 0 atom stereocenters. The fourth-order valence-corrected chi connectivity index (χ4v) is 3.95. The van der Waals surface area contributed by atoms with Crippen molar-refractivity contribution in [1.29, 1.82) is 0 Å². The average Bonchev–Trinajstić information content (AvgIpc) is 3.35. The number of rotatable bonds is 3. The molecule has 1 amide bonds. The molecule has 0 saturated carbocycles. The summed E-state index contributed by atoms with van der Waals surface area (Å²) in [6.45, 7) is 0. The number of carbonyl (C=O) groups excluding carboxylic acids is 1.